The average Bonchev–Trinajstić information content (AvgIpc) is 2.40. The Morgan fingerprint density at radius 3 is 2.94 bits per heavy atom. The summed E-state index contributed by atoms with van der Waals surface area (Å²) in [5.41, 5.74) is 5.71. The van der Waals surface area contributed by atoms with Gasteiger partial charge in [0.25, 0.3) is 0 Å². The summed E-state index contributed by atoms with van der Waals surface area (Å²) < 4.78 is 0. The molecule has 2 aromatic rings. The molecular formula is C13H16N4. The topological polar surface area (TPSA) is 63.8 Å². The van der Waals surface area contributed by atoms with Crippen LogP contribution in [-0.4, -0.2) is 9.97 Å². The van der Waals surface area contributed by atoms with Gasteiger partial charge in [-0.2, -0.15) is 0 Å². The average molecular weight is 228 g/mol. The van der Waals surface area contributed by atoms with E-state index < -0.39 is 0 Å². The summed E-state index contributed by atoms with van der Waals surface area (Å²) in [5.74, 6) is 5.60. The Morgan fingerprint density at radius 1 is 1.35 bits per heavy atom. The van der Waals surface area contributed by atoms with Crippen LogP contribution in [0, 0.1) is 0 Å². The predicted molar refractivity (Wildman–Crippen MR) is 69.0 cm³/mol. The molecule has 4 nitrogen and oxygen atoms in total. The Hall–Kier alpha value is -1.78. The van der Waals surface area contributed by atoms with Gasteiger partial charge < -0.3 is 0 Å². The number of rotatable bonds is 5. The van der Waals surface area contributed by atoms with E-state index in [0.717, 1.165) is 29.4 Å². The Kier molecular flexibility index (Phi) is 3.80. The highest BCUT2D eigenvalue weighted by Gasteiger charge is 2.12. The first-order chi connectivity index (χ1) is 8.36. The number of para-hydroxylation sites is 1. The molecule has 1 aromatic carbocycles. The molecule has 0 aliphatic rings. The molecule has 0 spiro atoms. The van der Waals surface area contributed by atoms with Gasteiger partial charge in [0.2, 0.25) is 0 Å². The molecular weight excluding hydrogens is 212 g/mol. The summed E-state index contributed by atoms with van der Waals surface area (Å²) in [6.45, 7) is 3.73. The Morgan fingerprint density at radius 2 is 2.18 bits per heavy atom. The van der Waals surface area contributed by atoms with Crippen LogP contribution in [0.1, 0.15) is 24.4 Å². The highest BCUT2D eigenvalue weighted by molar-refractivity contribution is 5.78. The molecule has 1 heterocycles. The molecule has 0 aliphatic carbocycles. The molecule has 3 N–H and O–H groups in total. The second-order valence-electron chi connectivity index (χ2n) is 3.86. The molecule has 1 aromatic heterocycles. The predicted octanol–water partition coefficient (Wildman–Crippen LogP) is 2.10. The standard InChI is InChI=1S/C13H16N4/c1-2-3-6-11(17-14)10-5-4-7-12-13(10)16-9-8-15-12/h2,4-5,7-9,11,17H,1,3,6,14H2. The molecule has 0 aliphatic heterocycles. The van der Waals surface area contributed by atoms with Crippen LogP contribution in [0.25, 0.3) is 11.0 Å². The summed E-state index contributed by atoms with van der Waals surface area (Å²) in [4.78, 5) is 8.66. The first-order valence-corrected chi connectivity index (χ1v) is 5.63. The fraction of sp³-hybridized carbons (Fsp3) is 0.231. The fourth-order valence-electron chi connectivity index (χ4n) is 1.91. The van der Waals surface area contributed by atoms with Gasteiger partial charge in [0.15, 0.2) is 0 Å². The van der Waals surface area contributed by atoms with E-state index in [0.29, 0.717) is 0 Å². The zero-order valence-corrected chi connectivity index (χ0v) is 9.63. The minimum absolute atomic E-state index is 0.0772. The van der Waals surface area contributed by atoms with Gasteiger partial charge in [-0.25, -0.2) is 0 Å². The van der Waals surface area contributed by atoms with E-state index in [1.165, 1.54) is 0 Å². The SMILES string of the molecule is C=CCCC(NN)c1cccc2nccnc12. The molecule has 2 rings (SSSR count). The summed E-state index contributed by atoms with van der Waals surface area (Å²) in [6, 6.07) is 6.04. The number of fused-ring (bicyclic) bond motifs is 1. The van der Waals surface area contributed by atoms with Crippen molar-refractivity contribution in [1.82, 2.24) is 15.4 Å². The molecule has 0 radical (unpaired) electrons. The number of hydrogen-bond acceptors (Lipinski definition) is 4. The first kappa shape index (κ1) is 11.7. The van der Waals surface area contributed by atoms with Crippen molar-refractivity contribution in [2.75, 3.05) is 0 Å². The van der Waals surface area contributed by atoms with Crippen LogP contribution in [0.2, 0.25) is 0 Å². The van der Waals surface area contributed by atoms with Gasteiger partial charge in [-0.15, -0.1) is 6.58 Å². The number of hydrogen-bond donors (Lipinski definition) is 2. The van der Waals surface area contributed by atoms with Gasteiger partial charge in [0, 0.05) is 18.4 Å². The Balaban J connectivity index is 2.42. The van der Waals surface area contributed by atoms with Crippen LogP contribution in [-0.2, 0) is 0 Å². The van der Waals surface area contributed by atoms with Crippen LogP contribution in [0.3, 0.4) is 0 Å². The minimum Gasteiger partial charge on any atom is -0.271 e. The lowest BCUT2D eigenvalue weighted by atomic mass is 10.0. The maximum Gasteiger partial charge on any atom is 0.0935 e. The number of benzene rings is 1. The van der Waals surface area contributed by atoms with Crippen LogP contribution in [0.4, 0.5) is 0 Å². The zero-order chi connectivity index (χ0) is 12.1. The third kappa shape index (κ3) is 2.49. The number of nitrogens with one attached hydrogen (secondary N) is 1. The van der Waals surface area contributed by atoms with Gasteiger partial charge in [0.05, 0.1) is 11.0 Å². The molecule has 0 fully saturated rings. The lowest BCUT2D eigenvalue weighted by Gasteiger charge is -2.16. The quantitative estimate of drug-likeness (QED) is 0.467. The molecule has 0 saturated carbocycles. The van der Waals surface area contributed by atoms with E-state index in [2.05, 4.69) is 22.0 Å². The highest BCUT2D eigenvalue weighted by Crippen LogP contribution is 2.23. The van der Waals surface area contributed by atoms with Crippen molar-refractivity contribution in [2.45, 2.75) is 18.9 Å². The van der Waals surface area contributed by atoms with E-state index in [9.17, 15) is 0 Å². The van der Waals surface area contributed by atoms with Gasteiger partial charge >= 0.3 is 0 Å². The molecule has 0 amide bonds. The molecule has 88 valence electrons. The lowest BCUT2D eigenvalue weighted by molar-refractivity contribution is 0.523. The van der Waals surface area contributed by atoms with Crippen molar-refractivity contribution in [1.29, 1.82) is 0 Å². The number of hydrazine groups is 1. The monoisotopic (exact) mass is 228 g/mol. The van der Waals surface area contributed by atoms with Gasteiger partial charge in [0.1, 0.15) is 0 Å². The van der Waals surface area contributed by atoms with Crippen molar-refractivity contribution < 1.29 is 0 Å². The molecule has 0 bridgehead atoms. The van der Waals surface area contributed by atoms with Crippen molar-refractivity contribution in [3.8, 4) is 0 Å². The molecule has 4 heteroatoms. The van der Waals surface area contributed by atoms with Crippen molar-refractivity contribution in [3.05, 3.63) is 48.8 Å². The van der Waals surface area contributed by atoms with E-state index in [1.54, 1.807) is 12.4 Å². The van der Waals surface area contributed by atoms with Crippen LogP contribution in [0.5, 0.6) is 0 Å². The first-order valence-electron chi connectivity index (χ1n) is 5.63. The van der Waals surface area contributed by atoms with Gasteiger partial charge in [-0.05, 0) is 24.5 Å². The highest BCUT2D eigenvalue weighted by atomic mass is 15.2. The molecule has 17 heavy (non-hydrogen) atoms. The molecule has 0 saturated heterocycles. The minimum atomic E-state index is 0.0772. The van der Waals surface area contributed by atoms with Crippen molar-refractivity contribution >= 4 is 11.0 Å². The smallest absolute Gasteiger partial charge is 0.0935 e. The van der Waals surface area contributed by atoms with E-state index in [1.807, 2.05) is 24.3 Å². The molecule has 1 atom stereocenters. The van der Waals surface area contributed by atoms with Crippen molar-refractivity contribution in [3.63, 3.8) is 0 Å². The van der Waals surface area contributed by atoms with Crippen LogP contribution < -0.4 is 11.3 Å². The Bertz CT molecular complexity index is 504. The summed E-state index contributed by atoms with van der Waals surface area (Å²) in [5, 5.41) is 0. The van der Waals surface area contributed by atoms with Gasteiger partial charge in [-0.1, -0.05) is 18.2 Å². The number of aromatic nitrogens is 2. The largest absolute Gasteiger partial charge is 0.271 e. The second-order valence-corrected chi connectivity index (χ2v) is 3.86. The summed E-state index contributed by atoms with van der Waals surface area (Å²) >= 11 is 0. The zero-order valence-electron chi connectivity index (χ0n) is 9.63. The summed E-state index contributed by atoms with van der Waals surface area (Å²) in [7, 11) is 0. The van der Waals surface area contributed by atoms with Crippen LogP contribution in [0.15, 0.2) is 43.2 Å². The number of nitrogens with zero attached hydrogens (tertiary/aromatic N) is 2. The second kappa shape index (κ2) is 5.52. The Labute approximate surface area is 101 Å². The summed E-state index contributed by atoms with van der Waals surface area (Å²) in [6.07, 6.45) is 7.09. The third-order valence-electron chi connectivity index (χ3n) is 2.77. The number of nitrogens with two attached hydrogens (primary N) is 1. The number of allylic oxidation sites excluding steroid dienone is 1. The van der Waals surface area contributed by atoms with E-state index in [-0.39, 0.29) is 6.04 Å². The lowest BCUT2D eigenvalue weighted by Crippen LogP contribution is -2.28. The molecule has 1 unspecified atom stereocenters. The maximum absolute atomic E-state index is 5.60. The normalized spacial score (nSPS) is 12.5. The van der Waals surface area contributed by atoms with E-state index >= 15 is 0 Å². The van der Waals surface area contributed by atoms with Gasteiger partial charge in [-0.3, -0.25) is 21.2 Å². The third-order valence-corrected chi connectivity index (χ3v) is 2.77. The van der Waals surface area contributed by atoms with E-state index in [4.69, 9.17) is 5.84 Å². The maximum atomic E-state index is 5.60. The fourth-order valence-corrected chi connectivity index (χ4v) is 1.91. The van der Waals surface area contributed by atoms with Crippen LogP contribution >= 0.6 is 0 Å². The van der Waals surface area contributed by atoms with Crippen molar-refractivity contribution in [2.24, 2.45) is 5.84 Å².